The predicted octanol–water partition coefficient (Wildman–Crippen LogP) is 13.1. The van der Waals surface area contributed by atoms with Gasteiger partial charge in [-0.3, -0.25) is 9.59 Å². The summed E-state index contributed by atoms with van der Waals surface area (Å²) in [7, 11) is 0. The summed E-state index contributed by atoms with van der Waals surface area (Å²) in [6.45, 7) is 4.16. The number of hydrogen-bond donors (Lipinski definition) is 1. The molecule has 0 rings (SSSR count). The Morgan fingerprint density at radius 2 is 0.660 bits per heavy atom. The SMILES string of the molecule is CCCCCCCCCCCCCCCCCCCCCCCCC(=O)OC(CO)COC(=O)CCCCCCCCCCCCC. The number of unbranched alkanes of at least 4 members (excludes halogenated alkanes) is 31. The van der Waals surface area contributed by atoms with Crippen molar-refractivity contribution in [1.82, 2.24) is 0 Å². The second kappa shape index (κ2) is 39.3. The van der Waals surface area contributed by atoms with Gasteiger partial charge < -0.3 is 14.6 Å². The van der Waals surface area contributed by atoms with Gasteiger partial charge in [0.05, 0.1) is 6.61 Å². The van der Waals surface area contributed by atoms with E-state index in [1.165, 1.54) is 180 Å². The molecule has 0 aliphatic carbocycles. The number of ether oxygens (including phenoxy) is 2. The summed E-state index contributed by atoms with van der Waals surface area (Å²) < 4.78 is 10.6. The highest BCUT2D eigenvalue weighted by molar-refractivity contribution is 5.70. The van der Waals surface area contributed by atoms with E-state index in [0.717, 1.165) is 32.1 Å². The normalized spacial score (nSPS) is 12.0. The van der Waals surface area contributed by atoms with Crippen molar-refractivity contribution >= 4 is 11.9 Å². The summed E-state index contributed by atoms with van der Waals surface area (Å²) >= 11 is 0. The Labute approximate surface area is 293 Å². The second-order valence-corrected chi connectivity index (χ2v) is 14.4. The minimum absolute atomic E-state index is 0.0571. The van der Waals surface area contributed by atoms with Gasteiger partial charge >= 0.3 is 11.9 Å². The molecule has 1 N–H and O–H groups in total. The Hall–Kier alpha value is -1.10. The van der Waals surface area contributed by atoms with Gasteiger partial charge in [0.1, 0.15) is 6.61 Å². The van der Waals surface area contributed by atoms with E-state index in [9.17, 15) is 14.7 Å². The summed E-state index contributed by atoms with van der Waals surface area (Å²) in [4.78, 5) is 24.2. The lowest BCUT2D eigenvalue weighted by Crippen LogP contribution is -2.28. The van der Waals surface area contributed by atoms with E-state index in [2.05, 4.69) is 13.8 Å². The minimum atomic E-state index is -0.761. The van der Waals surface area contributed by atoms with Crippen LogP contribution in [0.5, 0.6) is 0 Å². The third-order valence-electron chi connectivity index (χ3n) is 9.65. The number of carbonyl (C=O) groups excluding carboxylic acids is 2. The number of aliphatic hydroxyl groups excluding tert-OH is 1. The maximum atomic E-state index is 12.2. The summed E-state index contributed by atoms with van der Waals surface area (Å²) in [6.07, 6.45) is 43.2. The van der Waals surface area contributed by atoms with Crippen LogP contribution in [0.15, 0.2) is 0 Å². The molecule has 0 saturated carbocycles. The maximum Gasteiger partial charge on any atom is 0.306 e. The van der Waals surface area contributed by atoms with E-state index < -0.39 is 6.10 Å². The molecule has 0 saturated heterocycles. The third-order valence-corrected chi connectivity index (χ3v) is 9.65. The number of aliphatic hydroxyl groups is 1. The quantitative estimate of drug-likeness (QED) is 0.0522. The first kappa shape index (κ1) is 45.9. The zero-order valence-corrected chi connectivity index (χ0v) is 31.8. The van der Waals surface area contributed by atoms with E-state index in [-0.39, 0.29) is 25.2 Å². The van der Waals surface area contributed by atoms with Crippen LogP contribution in [0.4, 0.5) is 0 Å². The Morgan fingerprint density at radius 3 is 0.936 bits per heavy atom. The monoisotopic (exact) mass is 667 g/mol. The predicted molar refractivity (Wildman–Crippen MR) is 201 cm³/mol. The van der Waals surface area contributed by atoms with Gasteiger partial charge in [-0.15, -0.1) is 0 Å². The van der Waals surface area contributed by atoms with E-state index in [4.69, 9.17) is 9.47 Å². The molecule has 0 aromatic carbocycles. The van der Waals surface area contributed by atoms with Crippen LogP contribution in [-0.2, 0) is 19.1 Å². The highest BCUT2D eigenvalue weighted by atomic mass is 16.6. The van der Waals surface area contributed by atoms with Crippen LogP contribution in [0.2, 0.25) is 0 Å². The Balaban J connectivity index is 3.43. The molecule has 0 aliphatic rings. The zero-order chi connectivity index (χ0) is 34.3. The summed E-state index contributed by atoms with van der Waals surface area (Å²) in [5.41, 5.74) is 0. The molecule has 280 valence electrons. The number of rotatable bonds is 39. The van der Waals surface area contributed by atoms with Crippen molar-refractivity contribution in [2.45, 2.75) is 245 Å². The molecule has 47 heavy (non-hydrogen) atoms. The molecular formula is C42H82O5. The molecule has 1 unspecified atom stereocenters. The first-order valence-electron chi connectivity index (χ1n) is 21.1. The summed E-state index contributed by atoms with van der Waals surface area (Å²) in [5, 5.41) is 9.55. The van der Waals surface area contributed by atoms with Crippen LogP contribution >= 0.6 is 0 Å². The Bertz CT molecular complexity index is 637. The minimum Gasteiger partial charge on any atom is -0.462 e. The fourth-order valence-corrected chi connectivity index (χ4v) is 6.44. The molecule has 0 amide bonds. The topological polar surface area (TPSA) is 72.8 Å². The van der Waals surface area contributed by atoms with Crippen LogP contribution < -0.4 is 0 Å². The largest absolute Gasteiger partial charge is 0.462 e. The average Bonchev–Trinajstić information content (AvgIpc) is 3.07. The molecule has 0 aromatic rings. The van der Waals surface area contributed by atoms with Gasteiger partial charge in [0, 0.05) is 12.8 Å². The molecule has 5 heteroatoms. The molecule has 0 heterocycles. The van der Waals surface area contributed by atoms with E-state index in [1.807, 2.05) is 0 Å². The van der Waals surface area contributed by atoms with Crippen LogP contribution in [-0.4, -0.2) is 36.4 Å². The first-order valence-corrected chi connectivity index (χ1v) is 21.1. The van der Waals surface area contributed by atoms with Gasteiger partial charge in [0.15, 0.2) is 6.10 Å². The molecule has 0 spiro atoms. The van der Waals surface area contributed by atoms with Crippen LogP contribution in [0.1, 0.15) is 239 Å². The standard InChI is InChI=1S/C42H82O5/c1-3-5-7-9-11-13-15-16-17-18-19-20-21-22-23-24-25-27-29-31-33-35-37-42(45)47-40(38-43)39-46-41(44)36-34-32-30-28-26-14-12-10-8-6-4-2/h40,43H,3-39H2,1-2H3. The van der Waals surface area contributed by atoms with Crippen molar-refractivity contribution in [3.8, 4) is 0 Å². The number of esters is 2. The van der Waals surface area contributed by atoms with E-state index in [0.29, 0.717) is 12.8 Å². The second-order valence-electron chi connectivity index (χ2n) is 14.4. The molecular weight excluding hydrogens is 584 g/mol. The van der Waals surface area contributed by atoms with Crippen molar-refractivity contribution in [3.63, 3.8) is 0 Å². The maximum absolute atomic E-state index is 12.2. The van der Waals surface area contributed by atoms with E-state index in [1.54, 1.807) is 0 Å². The van der Waals surface area contributed by atoms with Crippen molar-refractivity contribution in [2.75, 3.05) is 13.2 Å². The van der Waals surface area contributed by atoms with Crippen molar-refractivity contribution < 1.29 is 24.2 Å². The molecule has 0 aromatic heterocycles. The van der Waals surface area contributed by atoms with Gasteiger partial charge in [-0.1, -0.05) is 213 Å². The van der Waals surface area contributed by atoms with Gasteiger partial charge in [-0.05, 0) is 12.8 Å². The van der Waals surface area contributed by atoms with Crippen molar-refractivity contribution in [2.24, 2.45) is 0 Å². The summed E-state index contributed by atoms with van der Waals surface area (Å²) in [6, 6.07) is 0. The molecule has 0 fully saturated rings. The Morgan fingerprint density at radius 1 is 0.404 bits per heavy atom. The lowest BCUT2D eigenvalue weighted by molar-refractivity contribution is -0.161. The molecule has 0 aliphatic heterocycles. The lowest BCUT2D eigenvalue weighted by atomic mass is 10.0. The zero-order valence-electron chi connectivity index (χ0n) is 31.8. The van der Waals surface area contributed by atoms with Gasteiger partial charge in [-0.2, -0.15) is 0 Å². The van der Waals surface area contributed by atoms with Crippen LogP contribution in [0.25, 0.3) is 0 Å². The smallest absolute Gasteiger partial charge is 0.306 e. The first-order chi connectivity index (χ1) is 23.1. The van der Waals surface area contributed by atoms with Crippen LogP contribution in [0, 0.1) is 0 Å². The molecule has 0 bridgehead atoms. The van der Waals surface area contributed by atoms with Crippen molar-refractivity contribution in [1.29, 1.82) is 0 Å². The van der Waals surface area contributed by atoms with Gasteiger partial charge in [-0.25, -0.2) is 0 Å². The highest BCUT2D eigenvalue weighted by Crippen LogP contribution is 2.16. The highest BCUT2D eigenvalue weighted by Gasteiger charge is 2.16. The van der Waals surface area contributed by atoms with E-state index >= 15 is 0 Å². The summed E-state index contributed by atoms with van der Waals surface area (Å²) in [5.74, 6) is -0.575. The van der Waals surface area contributed by atoms with Gasteiger partial charge in [0.25, 0.3) is 0 Å². The molecule has 1 atom stereocenters. The molecule has 5 nitrogen and oxygen atoms in total. The van der Waals surface area contributed by atoms with Gasteiger partial charge in [0.2, 0.25) is 0 Å². The lowest BCUT2D eigenvalue weighted by Gasteiger charge is -2.15. The number of carbonyl (C=O) groups is 2. The Kier molecular flexibility index (Phi) is 38.4. The fourth-order valence-electron chi connectivity index (χ4n) is 6.44. The number of hydrogen-bond acceptors (Lipinski definition) is 5. The fraction of sp³-hybridized carbons (Fsp3) is 0.952. The van der Waals surface area contributed by atoms with Crippen LogP contribution in [0.3, 0.4) is 0 Å². The van der Waals surface area contributed by atoms with Crippen molar-refractivity contribution in [3.05, 3.63) is 0 Å². The average molecular weight is 667 g/mol. The molecule has 0 radical (unpaired) electrons. The third kappa shape index (κ3) is 37.6.